The molecule has 2 heterocycles. The molecule has 0 bridgehead atoms. The number of halogens is 2. The van der Waals surface area contributed by atoms with E-state index >= 15 is 0 Å². The Morgan fingerprint density at radius 2 is 1.90 bits per heavy atom. The summed E-state index contributed by atoms with van der Waals surface area (Å²) in [4.78, 5) is 13.2. The van der Waals surface area contributed by atoms with Crippen LogP contribution in [0.15, 0.2) is 40.9 Å². The fraction of sp³-hybridized carbons (Fsp3) is 0.409. The van der Waals surface area contributed by atoms with Crippen molar-refractivity contribution in [3.05, 3.63) is 63.4 Å². The number of amides is 1. The molecule has 0 aliphatic carbocycles. The first-order chi connectivity index (χ1) is 14.1. The summed E-state index contributed by atoms with van der Waals surface area (Å²) in [5.74, 6) is 0.327. The van der Waals surface area contributed by atoms with Gasteiger partial charge in [0.25, 0.3) is 0 Å². The zero-order chi connectivity index (χ0) is 20.3. The summed E-state index contributed by atoms with van der Waals surface area (Å²) in [6.07, 6.45) is 1.76. The van der Waals surface area contributed by atoms with Crippen molar-refractivity contribution < 1.29 is 23.4 Å². The van der Waals surface area contributed by atoms with Gasteiger partial charge in [-0.2, -0.15) is 0 Å². The van der Waals surface area contributed by atoms with Gasteiger partial charge in [0, 0.05) is 29.8 Å². The van der Waals surface area contributed by atoms with Gasteiger partial charge in [-0.1, -0.05) is 28.1 Å². The van der Waals surface area contributed by atoms with Gasteiger partial charge in [-0.05, 0) is 54.7 Å². The SMILES string of the molecule is O=C(NCCc1cc(F)cc2c1OCOC2)C1(c2ccc(Br)cc2)CCOCC1. The number of benzene rings is 2. The molecule has 2 aliphatic rings. The number of rotatable bonds is 5. The van der Waals surface area contributed by atoms with Gasteiger partial charge in [0.2, 0.25) is 5.91 Å². The number of carbonyl (C=O) groups excluding carboxylic acids is 1. The van der Waals surface area contributed by atoms with E-state index in [1.54, 1.807) is 0 Å². The Bertz CT molecular complexity index is 881. The highest BCUT2D eigenvalue weighted by atomic mass is 79.9. The average Bonchev–Trinajstić information content (AvgIpc) is 2.74. The van der Waals surface area contributed by atoms with E-state index in [1.807, 2.05) is 24.3 Å². The van der Waals surface area contributed by atoms with Gasteiger partial charge >= 0.3 is 0 Å². The Kier molecular flexibility index (Phi) is 6.18. The van der Waals surface area contributed by atoms with E-state index in [9.17, 15) is 9.18 Å². The molecule has 1 fully saturated rings. The molecule has 0 unspecified atom stereocenters. The van der Waals surface area contributed by atoms with Crippen molar-refractivity contribution in [2.75, 3.05) is 26.6 Å². The molecule has 29 heavy (non-hydrogen) atoms. The Hall–Kier alpha value is -1.96. The fourth-order valence-electron chi connectivity index (χ4n) is 4.06. The van der Waals surface area contributed by atoms with Gasteiger partial charge in [0.1, 0.15) is 11.6 Å². The predicted octanol–water partition coefficient (Wildman–Crippen LogP) is 3.86. The summed E-state index contributed by atoms with van der Waals surface area (Å²) in [6, 6.07) is 10.8. The van der Waals surface area contributed by atoms with Crippen LogP contribution in [0, 0.1) is 5.82 Å². The summed E-state index contributed by atoms with van der Waals surface area (Å²) in [7, 11) is 0. The molecule has 7 heteroatoms. The second kappa shape index (κ2) is 8.81. The van der Waals surface area contributed by atoms with Crippen LogP contribution in [0.4, 0.5) is 4.39 Å². The number of fused-ring (bicyclic) bond motifs is 1. The molecule has 1 amide bonds. The van der Waals surface area contributed by atoms with Crippen LogP contribution in [0.2, 0.25) is 0 Å². The van der Waals surface area contributed by atoms with Crippen LogP contribution < -0.4 is 10.1 Å². The monoisotopic (exact) mass is 463 g/mol. The highest BCUT2D eigenvalue weighted by Gasteiger charge is 2.41. The fourth-order valence-corrected chi connectivity index (χ4v) is 4.32. The van der Waals surface area contributed by atoms with Crippen molar-refractivity contribution in [3.8, 4) is 5.75 Å². The van der Waals surface area contributed by atoms with Gasteiger partial charge in [0.05, 0.1) is 12.0 Å². The van der Waals surface area contributed by atoms with Crippen LogP contribution in [0.25, 0.3) is 0 Å². The Balaban J connectivity index is 1.48. The van der Waals surface area contributed by atoms with Crippen molar-refractivity contribution in [3.63, 3.8) is 0 Å². The van der Waals surface area contributed by atoms with Crippen LogP contribution in [0.5, 0.6) is 5.75 Å². The van der Waals surface area contributed by atoms with E-state index in [-0.39, 0.29) is 18.5 Å². The van der Waals surface area contributed by atoms with Crippen LogP contribution >= 0.6 is 15.9 Å². The van der Waals surface area contributed by atoms with Gasteiger partial charge in [-0.25, -0.2) is 4.39 Å². The van der Waals surface area contributed by atoms with Gasteiger partial charge < -0.3 is 19.5 Å². The predicted molar refractivity (Wildman–Crippen MR) is 109 cm³/mol. The molecular weight excluding hydrogens is 441 g/mol. The Morgan fingerprint density at radius 1 is 1.14 bits per heavy atom. The van der Waals surface area contributed by atoms with E-state index in [4.69, 9.17) is 14.2 Å². The van der Waals surface area contributed by atoms with Crippen LogP contribution in [-0.2, 0) is 32.7 Å². The quantitative estimate of drug-likeness (QED) is 0.731. The smallest absolute Gasteiger partial charge is 0.230 e. The molecule has 0 aromatic heterocycles. The third-order valence-electron chi connectivity index (χ3n) is 5.61. The topological polar surface area (TPSA) is 56.8 Å². The molecular formula is C22H23BrFNO4. The van der Waals surface area contributed by atoms with E-state index in [1.165, 1.54) is 12.1 Å². The zero-order valence-electron chi connectivity index (χ0n) is 16.0. The molecule has 0 saturated carbocycles. The van der Waals surface area contributed by atoms with Crippen molar-refractivity contribution >= 4 is 21.8 Å². The number of hydrogen-bond donors (Lipinski definition) is 1. The highest BCUT2D eigenvalue weighted by molar-refractivity contribution is 9.10. The number of carbonyl (C=O) groups is 1. The summed E-state index contributed by atoms with van der Waals surface area (Å²) in [5.41, 5.74) is 1.83. The number of hydrogen-bond acceptors (Lipinski definition) is 4. The first-order valence-corrected chi connectivity index (χ1v) is 10.5. The van der Waals surface area contributed by atoms with Crippen molar-refractivity contribution in [2.45, 2.75) is 31.3 Å². The van der Waals surface area contributed by atoms with Crippen molar-refractivity contribution in [1.29, 1.82) is 0 Å². The Morgan fingerprint density at radius 3 is 2.66 bits per heavy atom. The average molecular weight is 464 g/mol. The molecule has 1 saturated heterocycles. The molecule has 0 radical (unpaired) electrons. The molecule has 1 N–H and O–H groups in total. The number of ether oxygens (including phenoxy) is 3. The molecule has 2 aromatic rings. The minimum absolute atomic E-state index is 0.0161. The zero-order valence-corrected chi connectivity index (χ0v) is 17.6. The maximum Gasteiger partial charge on any atom is 0.230 e. The third kappa shape index (κ3) is 4.32. The number of nitrogens with one attached hydrogen (secondary N) is 1. The van der Waals surface area contributed by atoms with Crippen molar-refractivity contribution in [2.24, 2.45) is 0 Å². The lowest BCUT2D eigenvalue weighted by atomic mass is 9.73. The third-order valence-corrected chi connectivity index (χ3v) is 6.14. The second-order valence-corrected chi connectivity index (χ2v) is 8.29. The molecule has 0 spiro atoms. The first kappa shape index (κ1) is 20.3. The van der Waals surface area contributed by atoms with E-state index in [0.717, 1.165) is 15.6 Å². The maximum atomic E-state index is 13.9. The van der Waals surface area contributed by atoms with E-state index < -0.39 is 5.41 Å². The second-order valence-electron chi connectivity index (χ2n) is 7.37. The summed E-state index contributed by atoms with van der Waals surface area (Å²) in [6.45, 7) is 1.99. The van der Waals surface area contributed by atoms with Crippen LogP contribution in [0.1, 0.15) is 29.5 Å². The largest absolute Gasteiger partial charge is 0.467 e. The first-order valence-electron chi connectivity index (χ1n) is 9.72. The minimum Gasteiger partial charge on any atom is -0.467 e. The lowest BCUT2D eigenvalue weighted by Crippen LogP contribution is -2.48. The lowest BCUT2D eigenvalue weighted by molar-refractivity contribution is -0.130. The molecule has 5 nitrogen and oxygen atoms in total. The minimum atomic E-state index is -0.606. The van der Waals surface area contributed by atoms with Gasteiger partial charge in [0.15, 0.2) is 6.79 Å². The van der Waals surface area contributed by atoms with Gasteiger partial charge in [-0.15, -0.1) is 0 Å². The standard InChI is InChI=1S/C22H23BrFNO4/c23-18-3-1-17(2-4-18)22(6-9-27-10-7-22)21(26)25-8-5-15-11-19(24)12-16-13-28-14-29-20(15)16/h1-4,11-12H,5-10,13-14H2,(H,25,26). The summed E-state index contributed by atoms with van der Waals surface area (Å²) < 4.78 is 31.2. The van der Waals surface area contributed by atoms with E-state index in [0.29, 0.717) is 56.9 Å². The maximum absolute atomic E-state index is 13.9. The van der Waals surface area contributed by atoms with Crippen LogP contribution in [-0.4, -0.2) is 32.5 Å². The molecule has 154 valence electrons. The van der Waals surface area contributed by atoms with Crippen molar-refractivity contribution in [1.82, 2.24) is 5.32 Å². The lowest BCUT2D eigenvalue weighted by Gasteiger charge is -2.36. The normalized spacial score (nSPS) is 17.9. The Labute approximate surface area is 177 Å². The summed E-state index contributed by atoms with van der Waals surface area (Å²) in [5, 5.41) is 3.07. The molecule has 2 aliphatic heterocycles. The molecule has 2 aromatic carbocycles. The molecule has 0 atom stereocenters. The van der Waals surface area contributed by atoms with Gasteiger partial charge in [-0.3, -0.25) is 4.79 Å². The van der Waals surface area contributed by atoms with E-state index in [2.05, 4.69) is 21.2 Å². The highest BCUT2D eigenvalue weighted by Crippen LogP contribution is 2.36. The molecule has 4 rings (SSSR count). The summed E-state index contributed by atoms with van der Waals surface area (Å²) >= 11 is 3.45. The van der Waals surface area contributed by atoms with Crippen LogP contribution in [0.3, 0.4) is 0 Å².